The quantitative estimate of drug-likeness (QED) is 0.125. The molecule has 0 fully saturated rings. The molecule has 1 aliphatic rings. The first kappa shape index (κ1) is 29.6. The van der Waals surface area contributed by atoms with Gasteiger partial charge in [-0.2, -0.15) is 0 Å². The van der Waals surface area contributed by atoms with E-state index in [2.05, 4.69) is 29.1 Å². The van der Waals surface area contributed by atoms with E-state index in [4.69, 9.17) is 42.4 Å². The van der Waals surface area contributed by atoms with E-state index in [9.17, 15) is 4.79 Å². The van der Waals surface area contributed by atoms with Crippen molar-refractivity contribution in [2.45, 2.75) is 6.42 Å². The minimum absolute atomic E-state index is 0.0194. The SMILES string of the molecule is C=C(NOCC(C(=O)OC)C1=CC=CCC1=COC)C(=NOC)c1ccc(C#Cc2ccc(Cl)cc2Cl)cc1. The molecule has 7 nitrogen and oxygen atoms in total. The Balaban J connectivity index is 1.69. The van der Waals surface area contributed by atoms with Gasteiger partial charge >= 0.3 is 5.97 Å². The van der Waals surface area contributed by atoms with E-state index in [1.54, 1.807) is 31.6 Å². The van der Waals surface area contributed by atoms with Crippen LogP contribution < -0.4 is 5.48 Å². The van der Waals surface area contributed by atoms with Gasteiger partial charge in [-0.1, -0.05) is 77.1 Å². The zero-order valence-corrected chi connectivity index (χ0v) is 23.3. The lowest BCUT2D eigenvalue weighted by atomic mass is 9.88. The lowest BCUT2D eigenvalue weighted by Crippen LogP contribution is -2.30. The van der Waals surface area contributed by atoms with Crippen molar-refractivity contribution >= 4 is 34.9 Å². The maximum atomic E-state index is 12.6. The van der Waals surface area contributed by atoms with E-state index in [0.717, 1.165) is 16.7 Å². The molecule has 1 N–H and O–H groups in total. The number of esters is 1. The summed E-state index contributed by atoms with van der Waals surface area (Å²) in [5, 5.41) is 5.12. The van der Waals surface area contributed by atoms with Crippen molar-refractivity contribution in [2.75, 3.05) is 27.9 Å². The summed E-state index contributed by atoms with van der Waals surface area (Å²) >= 11 is 12.1. The van der Waals surface area contributed by atoms with Gasteiger partial charge in [-0.15, -0.1) is 0 Å². The Hall–Kier alpha value is -3.96. The number of hydrogen-bond acceptors (Lipinski definition) is 7. The van der Waals surface area contributed by atoms with Crippen molar-refractivity contribution < 1.29 is 23.9 Å². The van der Waals surface area contributed by atoms with Gasteiger partial charge in [0.25, 0.3) is 0 Å². The first-order valence-electron chi connectivity index (χ1n) is 11.8. The molecule has 1 aliphatic carbocycles. The fourth-order valence-electron chi connectivity index (χ4n) is 3.69. The number of hydroxylamine groups is 1. The average Bonchev–Trinajstić information content (AvgIpc) is 2.94. The Morgan fingerprint density at radius 2 is 1.92 bits per heavy atom. The fraction of sp³-hybridized carbons (Fsp3) is 0.200. The number of halogens is 2. The molecule has 2 aromatic carbocycles. The lowest BCUT2D eigenvalue weighted by Gasteiger charge is -2.22. The van der Waals surface area contributed by atoms with E-state index in [1.165, 1.54) is 14.2 Å². The summed E-state index contributed by atoms with van der Waals surface area (Å²) in [5.74, 6) is 5.00. The van der Waals surface area contributed by atoms with Crippen LogP contribution in [0.25, 0.3) is 0 Å². The highest BCUT2D eigenvalue weighted by Crippen LogP contribution is 2.28. The molecule has 1 unspecified atom stereocenters. The van der Waals surface area contributed by atoms with Crippen LogP contribution in [0.4, 0.5) is 0 Å². The second kappa shape index (κ2) is 14.8. The Bertz CT molecular complexity index is 1380. The first-order valence-corrected chi connectivity index (χ1v) is 12.6. The molecule has 0 aromatic heterocycles. The third-order valence-electron chi connectivity index (χ3n) is 5.59. The number of benzene rings is 2. The highest BCUT2D eigenvalue weighted by Gasteiger charge is 2.27. The second-order valence-corrected chi connectivity index (χ2v) is 9.02. The van der Waals surface area contributed by atoms with Gasteiger partial charge in [0.2, 0.25) is 0 Å². The van der Waals surface area contributed by atoms with Crippen molar-refractivity contribution in [3.8, 4) is 11.8 Å². The number of carbonyl (C=O) groups excluding carboxylic acids is 1. The van der Waals surface area contributed by atoms with Crippen LogP contribution in [0.15, 0.2) is 95.5 Å². The number of methoxy groups -OCH3 is 2. The highest BCUT2D eigenvalue weighted by atomic mass is 35.5. The number of hydrogen-bond donors (Lipinski definition) is 1. The molecular formula is C30H28Cl2N2O5. The molecule has 2 aromatic rings. The van der Waals surface area contributed by atoms with Crippen molar-refractivity contribution in [3.63, 3.8) is 0 Å². The molecule has 0 bridgehead atoms. The average molecular weight is 567 g/mol. The highest BCUT2D eigenvalue weighted by molar-refractivity contribution is 6.35. The molecule has 0 radical (unpaired) electrons. The lowest BCUT2D eigenvalue weighted by molar-refractivity contribution is -0.146. The molecule has 3 rings (SSSR count). The third kappa shape index (κ3) is 8.26. The number of oxime groups is 1. The van der Waals surface area contributed by atoms with Crippen LogP contribution in [0.1, 0.15) is 23.1 Å². The minimum Gasteiger partial charge on any atom is -0.504 e. The molecule has 202 valence electrons. The number of allylic oxidation sites excluding steroid dienone is 5. The zero-order chi connectivity index (χ0) is 28.2. The van der Waals surface area contributed by atoms with E-state index >= 15 is 0 Å². The summed E-state index contributed by atoms with van der Waals surface area (Å²) in [6.45, 7) is 3.99. The van der Waals surface area contributed by atoms with E-state index < -0.39 is 11.9 Å². The van der Waals surface area contributed by atoms with Crippen LogP contribution in [0.5, 0.6) is 0 Å². The van der Waals surface area contributed by atoms with Crippen LogP contribution in [0.2, 0.25) is 10.0 Å². The summed E-state index contributed by atoms with van der Waals surface area (Å²) in [6, 6.07) is 12.5. The normalized spacial score (nSPS) is 14.5. The maximum absolute atomic E-state index is 12.6. The van der Waals surface area contributed by atoms with Crippen molar-refractivity contribution in [1.29, 1.82) is 0 Å². The predicted octanol–water partition coefficient (Wildman–Crippen LogP) is 5.98. The van der Waals surface area contributed by atoms with Gasteiger partial charge in [-0.3, -0.25) is 15.1 Å². The summed E-state index contributed by atoms with van der Waals surface area (Å²) in [6.07, 6.45) is 7.94. The van der Waals surface area contributed by atoms with Crippen LogP contribution in [-0.4, -0.2) is 39.6 Å². The van der Waals surface area contributed by atoms with E-state index in [1.807, 2.05) is 42.5 Å². The Kier molecular flexibility index (Phi) is 11.3. The fourth-order valence-corrected chi connectivity index (χ4v) is 4.15. The van der Waals surface area contributed by atoms with E-state index in [-0.39, 0.29) is 6.61 Å². The molecule has 0 heterocycles. The molecule has 0 spiro atoms. The Labute approximate surface area is 238 Å². The van der Waals surface area contributed by atoms with Gasteiger partial charge in [-0.05, 0) is 47.9 Å². The standard InChI is InChI=1S/C30H28Cl2N2O5/c1-20(33-39-19-27(30(35)37-3)26-8-6-5-7-24(26)18-36-2)29(34-38-4)23-13-10-21(11-14-23)9-12-22-15-16-25(31)17-28(22)32/h5-6,8,10-11,13-18,27,33H,1,7,19H2,2-4H3. The van der Waals surface area contributed by atoms with Crippen LogP contribution in [-0.2, 0) is 23.9 Å². The first-order chi connectivity index (χ1) is 18.9. The number of nitrogens with one attached hydrogen (secondary N) is 1. The summed E-state index contributed by atoms with van der Waals surface area (Å²) in [7, 11) is 4.33. The minimum atomic E-state index is -0.684. The van der Waals surface area contributed by atoms with Crippen LogP contribution >= 0.6 is 23.2 Å². The smallest absolute Gasteiger partial charge is 0.315 e. The third-order valence-corrected chi connectivity index (χ3v) is 6.13. The van der Waals surface area contributed by atoms with E-state index in [0.29, 0.717) is 39.0 Å². The maximum Gasteiger partial charge on any atom is 0.315 e. The van der Waals surface area contributed by atoms with Crippen molar-refractivity contribution in [1.82, 2.24) is 5.48 Å². The summed E-state index contributed by atoms with van der Waals surface area (Å²) in [5.41, 5.74) is 7.28. The topological polar surface area (TPSA) is 78.4 Å². The van der Waals surface area contributed by atoms with Crippen LogP contribution in [0, 0.1) is 17.8 Å². The van der Waals surface area contributed by atoms with Gasteiger partial charge in [0.05, 0.1) is 37.8 Å². The van der Waals surface area contributed by atoms with Crippen molar-refractivity contribution in [2.24, 2.45) is 11.1 Å². The Morgan fingerprint density at radius 1 is 1.15 bits per heavy atom. The molecule has 0 saturated heterocycles. The number of ether oxygens (including phenoxy) is 2. The van der Waals surface area contributed by atoms with Gasteiger partial charge in [0.1, 0.15) is 18.7 Å². The molecule has 39 heavy (non-hydrogen) atoms. The monoisotopic (exact) mass is 566 g/mol. The summed E-state index contributed by atoms with van der Waals surface area (Å²) in [4.78, 5) is 23.2. The second-order valence-electron chi connectivity index (χ2n) is 8.17. The van der Waals surface area contributed by atoms with Gasteiger partial charge in [-0.25, -0.2) is 0 Å². The zero-order valence-electron chi connectivity index (χ0n) is 21.8. The predicted molar refractivity (Wildman–Crippen MR) is 153 cm³/mol. The van der Waals surface area contributed by atoms with Crippen molar-refractivity contribution in [3.05, 3.63) is 117 Å². The summed E-state index contributed by atoms with van der Waals surface area (Å²) < 4.78 is 10.2. The van der Waals surface area contributed by atoms with Crippen LogP contribution in [0.3, 0.4) is 0 Å². The van der Waals surface area contributed by atoms with Gasteiger partial charge < -0.3 is 14.3 Å². The Morgan fingerprint density at radius 3 is 2.59 bits per heavy atom. The molecule has 0 aliphatic heterocycles. The molecule has 0 saturated carbocycles. The molecule has 0 amide bonds. The number of nitrogens with zero attached hydrogens (tertiary/aromatic N) is 1. The number of rotatable bonds is 10. The van der Waals surface area contributed by atoms with Gasteiger partial charge in [0.15, 0.2) is 0 Å². The molecule has 1 atom stereocenters. The largest absolute Gasteiger partial charge is 0.504 e. The number of carbonyl (C=O) groups is 1. The molecular weight excluding hydrogens is 539 g/mol. The molecule has 9 heteroatoms. The van der Waals surface area contributed by atoms with Gasteiger partial charge in [0, 0.05) is 21.7 Å².